The zero-order valence-corrected chi connectivity index (χ0v) is 19.7. The van der Waals surface area contributed by atoms with Crippen LogP contribution in [0.2, 0.25) is 0 Å². The molecule has 3 N–H and O–H groups in total. The van der Waals surface area contributed by atoms with E-state index in [-0.39, 0.29) is 18.4 Å². The quantitative estimate of drug-likeness (QED) is 0.350. The summed E-state index contributed by atoms with van der Waals surface area (Å²) in [6.45, 7) is 2.75. The average molecular weight is 484 g/mol. The van der Waals surface area contributed by atoms with Gasteiger partial charge in [-0.3, -0.25) is 9.59 Å². The number of carbonyl (C=O) groups is 2. The molecule has 2 aromatic carbocycles. The summed E-state index contributed by atoms with van der Waals surface area (Å²) < 4.78 is 11.5. The average Bonchev–Trinajstić information content (AvgIpc) is 3.35. The Labute approximate surface area is 207 Å². The number of nitrogens with one attached hydrogen (secondary N) is 3. The number of amides is 2. The van der Waals surface area contributed by atoms with Crippen LogP contribution in [-0.4, -0.2) is 46.5 Å². The molecule has 0 unspecified atom stereocenters. The Morgan fingerprint density at radius 2 is 1.92 bits per heavy atom. The number of aromatic amines is 1. The van der Waals surface area contributed by atoms with E-state index in [0.29, 0.717) is 47.4 Å². The molecule has 0 bridgehead atoms. The van der Waals surface area contributed by atoms with Crippen LogP contribution >= 0.6 is 0 Å². The smallest absolute Gasteiger partial charge is 0.262 e. The summed E-state index contributed by atoms with van der Waals surface area (Å²) in [6, 6.07) is 18.2. The zero-order valence-electron chi connectivity index (χ0n) is 19.7. The highest BCUT2D eigenvalue weighted by molar-refractivity contribution is 5.97. The fourth-order valence-electron chi connectivity index (χ4n) is 3.98. The van der Waals surface area contributed by atoms with Crippen molar-refractivity contribution in [3.63, 3.8) is 0 Å². The second kappa shape index (κ2) is 10.3. The van der Waals surface area contributed by atoms with Crippen molar-refractivity contribution in [2.24, 2.45) is 0 Å². The lowest BCUT2D eigenvalue weighted by Crippen LogP contribution is -2.31. The fourth-order valence-corrected chi connectivity index (χ4v) is 3.98. The minimum absolute atomic E-state index is 0.0811. The van der Waals surface area contributed by atoms with Crippen molar-refractivity contribution in [3.8, 4) is 34.3 Å². The maximum atomic E-state index is 12.3. The number of anilines is 1. The number of ether oxygens (including phenoxy) is 2. The number of rotatable bonds is 8. The van der Waals surface area contributed by atoms with Crippen LogP contribution in [0.15, 0.2) is 66.9 Å². The summed E-state index contributed by atoms with van der Waals surface area (Å²) >= 11 is 0. The molecular formula is C27H25N5O4. The predicted molar refractivity (Wildman–Crippen MR) is 135 cm³/mol. The molecule has 2 aromatic heterocycles. The van der Waals surface area contributed by atoms with Gasteiger partial charge in [-0.1, -0.05) is 18.2 Å². The van der Waals surface area contributed by atoms with Crippen LogP contribution in [0, 0.1) is 0 Å². The van der Waals surface area contributed by atoms with Crippen LogP contribution in [0.4, 0.5) is 5.69 Å². The lowest BCUT2D eigenvalue weighted by Gasteiger charge is -2.13. The third-order valence-corrected chi connectivity index (χ3v) is 5.65. The number of para-hydroxylation sites is 1. The first kappa shape index (κ1) is 23.1. The third-order valence-electron chi connectivity index (χ3n) is 5.65. The Hall–Kier alpha value is -4.66. The molecular weight excluding hydrogens is 458 g/mol. The zero-order chi connectivity index (χ0) is 24.9. The standard InChI is InChI=1S/C27H25N5O4/c1-2-35-24-14-17(8-9-23(24)36-16-25(33)30-18-6-4-3-5-7-18)26-28-12-11-21(32-26)22-15-19-20(31-22)10-13-29-27(19)34/h3-9,11-12,14-15,31H,2,10,13,16H2,1H3,(H,29,34)(H,30,33). The normalized spacial score (nSPS) is 12.4. The van der Waals surface area contributed by atoms with Gasteiger partial charge < -0.3 is 25.1 Å². The molecule has 9 nitrogen and oxygen atoms in total. The number of carbonyl (C=O) groups excluding carboxylic acids is 2. The number of hydrogen-bond donors (Lipinski definition) is 3. The predicted octanol–water partition coefficient (Wildman–Crippen LogP) is 3.84. The maximum Gasteiger partial charge on any atom is 0.262 e. The lowest BCUT2D eigenvalue weighted by molar-refractivity contribution is -0.118. The molecule has 182 valence electrons. The summed E-state index contributed by atoms with van der Waals surface area (Å²) in [4.78, 5) is 36.8. The molecule has 2 amide bonds. The lowest BCUT2D eigenvalue weighted by atomic mass is 10.1. The van der Waals surface area contributed by atoms with Gasteiger partial charge in [0.05, 0.1) is 23.6 Å². The van der Waals surface area contributed by atoms with Crippen molar-refractivity contribution >= 4 is 17.5 Å². The van der Waals surface area contributed by atoms with Gasteiger partial charge in [0, 0.05) is 36.1 Å². The number of aromatic nitrogens is 3. The van der Waals surface area contributed by atoms with Gasteiger partial charge in [-0.2, -0.15) is 0 Å². The van der Waals surface area contributed by atoms with E-state index in [1.54, 1.807) is 24.4 Å². The molecule has 1 aliphatic rings. The van der Waals surface area contributed by atoms with Crippen LogP contribution in [0.1, 0.15) is 23.0 Å². The van der Waals surface area contributed by atoms with Crippen LogP contribution < -0.4 is 20.1 Å². The molecule has 0 spiro atoms. The molecule has 9 heteroatoms. The van der Waals surface area contributed by atoms with E-state index in [0.717, 1.165) is 23.4 Å². The van der Waals surface area contributed by atoms with E-state index < -0.39 is 0 Å². The molecule has 0 saturated carbocycles. The van der Waals surface area contributed by atoms with Gasteiger partial charge in [0.25, 0.3) is 11.8 Å². The van der Waals surface area contributed by atoms with E-state index in [1.165, 1.54) is 0 Å². The number of hydrogen-bond acceptors (Lipinski definition) is 6. The maximum absolute atomic E-state index is 12.3. The van der Waals surface area contributed by atoms with Crippen molar-refractivity contribution < 1.29 is 19.1 Å². The van der Waals surface area contributed by atoms with Gasteiger partial charge >= 0.3 is 0 Å². The first-order valence-corrected chi connectivity index (χ1v) is 11.7. The highest BCUT2D eigenvalue weighted by Gasteiger charge is 2.21. The van der Waals surface area contributed by atoms with E-state index in [2.05, 4.69) is 20.6 Å². The van der Waals surface area contributed by atoms with Crippen molar-refractivity contribution in [2.45, 2.75) is 13.3 Å². The largest absolute Gasteiger partial charge is 0.490 e. The molecule has 1 aliphatic heterocycles. The van der Waals surface area contributed by atoms with Crippen LogP contribution in [0.25, 0.3) is 22.8 Å². The highest BCUT2D eigenvalue weighted by atomic mass is 16.5. The number of fused-ring (bicyclic) bond motifs is 1. The van der Waals surface area contributed by atoms with Gasteiger partial charge in [-0.05, 0) is 49.4 Å². The van der Waals surface area contributed by atoms with Crippen molar-refractivity contribution in [3.05, 3.63) is 78.1 Å². The third kappa shape index (κ3) is 5.05. The van der Waals surface area contributed by atoms with E-state index >= 15 is 0 Å². The number of nitrogens with zero attached hydrogens (tertiary/aromatic N) is 2. The Kier molecular flexibility index (Phi) is 6.61. The minimum atomic E-state index is -0.272. The molecule has 0 atom stereocenters. The van der Waals surface area contributed by atoms with Crippen molar-refractivity contribution in [2.75, 3.05) is 25.1 Å². The molecule has 0 radical (unpaired) electrons. The summed E-state index contributed by atoms with van der Waals surface area (Å²) in [7, 11) is 0. The van der Waals surface area contributed by atoms with Crippen molar-refractivity contribution in [1.82, 2.24) is 20.3 Å². The van der Waals surface area contributed by atoms with Gasteiger partial charge in [0.2, 0.25) is 0 Å². The Morgan fingerprint density at radius 3 is 2.72 bits per heavy atom. The van der Waals surface area contributed by atoms with E-state index in [4.69, 9.17) is 14.5 Å². The van der Waals surface area contributed by atoms with Gasteiger partial charge in [-0.15, -0.1) is 0 Å². The summed E-state index contributed by atoms with van der Waals surface area (Å²) in [5.41, 5.74) is 4.42. The van der Waals surface area contributed by atoms with E-state index in [9.17, 15) is 9.59 Å². The molecule has 4 aromatic rings. The summed E-state index contributed by atoms with van der Waals surface area (Å²) in [6.07, 6.45) is 2.43. The molecule has 0 fully saturated rings. The number of H-pyrrole nitrogens is 1. The van der Waals surface area contributed by atoms with E-state index in [1.807, 2.05) is 49.4 Å². The molecule has 0 aliphatic carbocycles. The first-order valence-electron chi connectivity index (χ1n) is 11.7. The molecule has 5 rings (SSSR count). The SMILES string of the molecule is CCOc1cc(-c2nccc(-c3cc4c([nH]3)CCNC4=O)n2)ccc1OCC(=O)Nc1ccccc1. The van der Waals surface area contributed by atoms with Gasteiger partial charge in [0.15, 0.2) is 23.9 Å². The highest BCUT2D eigenvalue weighted by Crippen LogP contribution is 2.32. The summed E-state index contributed by atoms with van der Waals surface area (Å²) in [5, 5.41) is 5.64. The molecule has 36 heavy (non-hydrogen) atoms. The van der Waals surface area contributed by atoms with Crippen molar-refractivity contribution in [1.29, 1.82) is 0 Å². The summed E-state index contributed by atoms with van der Waals surface area (Å²) in [5.74, 6) is 1.08. The fraction of sp³-hybridized carbons (Fsp3) is 0.185. The van der Waals surface area contributed by atoms with Gasteiger partial charge in [-0.25, -0.2) is 9.97 Å². The second-order valence-corrected chi connectivity index (χ2v) is 8.14. The monoisotopic (exact) mass is 483 g/mol. The molecule has 3 heterocycles. The Bertz CT molecular complexity index is 1400. The second-order valence-electron chi connectivity index (χ2n) is 8.14. The number of benzene rings is 2. The minimum Gasteiger partial charge on any atom is -0.490 e. The Morgan fingerprint density at radius 1 is 1.06 bits per heavy atom. The van der Waals surface area contributed by atoms with Gasteiger partial charge in [0.1, 0.15) is 0 Å². The van der Waals surface area contributed by atoms with Crippen LogP contribution in [0.5, 0.6) is 11.5 Å². The van der Waals surface area contributed by atoms with Crippen LogP contribution in [-0.2, 0) is 11.2 Å². The first-order chi connectivity index (χ1) is 17.6. The Balaban J connectivity index is 1.34. The topological polar surface area (TPSA) is 118 Å². The molecule has 0 saturated heterocycles. The van der Waals surface area contributed by atoms with Crippen LogP contribution in [0.3, 0.4) is 0 Å².